The SMILES string of the molecule is O=C(NC1CCCC1)C(Cc1ccccc1)N(Cc1ccc(Cl)cc1Cl)C(=O)CN(c1ccccc1)S(=O)(=O)c1ccc(Cl)cc1. The fraction of sp³-hybridized carbons (Fsp3) is 0.257. The lowest BCUT2D eigenvalue weighted by atomic mass is 10.0. The van der Waals surface area contributed by atoms with E-state index >= 15 is 0 Å². The number of sulfonamides is 1. The van der Waals surface area contributed by atoms with Crippen molar-refractivity contribution in [2.45, 2.75) is 55.6 Å². The van der Waals surface area contributed by atoms with Crippen LogP contribution in [0.15, 0.2) is 108 Å². The van der Waals surface area contributed by atoms with E-state index in [1.807, 2.05) is 30.3 Å². The minimum atomic E-state index is -4.23. The van der Waals surface area contributed by atoms with E-state index in [4.69, 9.17) is 34.8 Å². The number of hydrogen-bond donors (Lipinski definition) is 1. The van der Waals surface area contributed by atoms with Crippen molar-refractivity contribution >= 4 is 62.3 Å². The molecule has 4 aromatic carbocycles. The molecule has 0 heterocycles. The van der Waals surface area contributed by atoms with Crippen molar-refractivity contribution in [1.82, 2.24) is 10.2 Å². The second kappa shape index (κ2) is 15.4. The Hall–Kier alpha value is -3.56. The maximum Gasteiger partial charge on any atom is 0.264 e. The van der Waals surface area contributed by atoms with Crippen molar-refractivity contribution < 1.29 is 18.0 Å². The van der Waals surface area contributed by atoms with Gasteiger partial charge < -0.3 is 10.2 Å². The first-order valence-corrected chi connectivity index (χ1v) is 17.6. The molecule has 2 amide bonds. The van der Waals surface area contributed by atoms with Crippen LogP contribution >= 0.6 is 34.8 Å². The molecule has 240 valence electrons. The third-order valence-electron chi connectivity index (χ3n) is 8.05. The topological polar surface area (TPSA) is 86.8 Å². The largest absolute Gasteiger partial charge is 0.352 e. The zero-order valence-electron chi connectivity index (χ0n) is 25.0. The molecule has 0 spiro atoms. The van der Waals surface area contributed by atoms with Gasteiger partial charge in [0, 0.05) is 34.1 Å². The van der Waals surface area contributed by atoms with E-state index in [1.165, 1.54) is 29.2 Å². The van der Waals surface area contributed by atoms with E-state index in [1.54, 1.807) is 48.5 Å². The predicted molar refractivity (Wildman–Crippen MR) is 184 cm³/mol. The molecule has 1 fully saturated rings. The molecule has 5 rings (SSSR count). The van der Waals surface area contributed by atoms with Crippen LogP contribution < -0.4 is 9.62 Å². The molecular weight excluding hydrogens is 665 g/mol. The summed E-state index contributed by atoms with van der Waals surface area (Å²) in [5, 5.41) is 4.29. The Balaban J connectivity index is 1.57. The van der Waals surface area contributed by atoms with Crippen LogP contribution in [0.2, 0.25) is 15.1 Å². The molecule has 1 atom stereocenters. The van der Waals surface area contributed by atoms with Crippen LogP contribution in [-0.2, 0) is 32.6 Å². The number of hydrogen-bond acceptors (Lipinski definition) is 4. The summed E-state index contributed by atoms with van der Waals surface area (Å²) in [6.45, 7) is -0.615. The van der Waals surface area contributed by atoms with Crippen LogP contribution in [-0.4, -0.2) is 43.8 Å². The summed E-state index contributed by atoms with van der Waals surface area (Å²) < 4.78 is 29.2. The Labute approximate surface area is 285 Å². The third-order valence-corrected chi connectivity index (χ3v) is 10.7. The fourth-order valence-electron chi connectivity index (χ4n) is 5.61. The monoisotopic (exact) mass is 697 g/mol. The maximum atomic E-state index is 14.6. The number of para-hydroxylation sites is 1. The zero-order valence-corrected chi connectivity index (χ0v) is 28.1. The van der Waals surface area contributed by atoms with Gasteiger partial charge in [-0.1, -0.05) is 102 Å². The summed E-state index contributed by atoms with van der Waals surface area (Å²) in [5.74, 6) is -0.879. The van der Waals surface area contributed by atoms with Crippen LogP contribution in [0.25, 0.3) is 0 Å². The summed E-state index contributed by atoms with van der Waals surface area (Å²) in [5.41, 5.74) is 1.71. The van der Waals surface area contributed by atoms with Crippen LogP contribution in [0, 0.1) is 0 Å². The molecule has 11 heteroatoms. The summed E-state index contributed by atoms with van der Waals surface area (Å²) in [7, 11) is -4.23. The maximum absolute atomic E-state index is 14.6. The average Bonchev–Trinajstić information content (AvgIpc) is 3.56. The van der Waals surface area contributed by atoms with Gasteiger partial charge in [-0.15, -0.1) is 0 Å². The first-order chi connectivity index (χ1) is 22.1. The number of anilines is 1. The molecule has 0 saturated heterocycles. The molecule has 0 bridgehead atoms. The van der Waals surface area contributed by atoms with Crippen molar-refractivity contribution in [2.24, 2.45) is 0 Å². The van der Waals surface area contributed by atoms with E-state index in [0.717, 1.165) is 35.6 Å². The second-order valence-corrected chi connectivity index (χ2v) is 14.4. The smallest absolute Gasteiger partial charge is 0.264 e. The van der Waals surface area contributed by atoms with Gasteiger partial charge in [0.25, 0.3) is 10.0 Å². The number of halogens is 3. The summed E-state index contributed by atoms with van der Waals surface area (Å²) in [6.07, 6.45) is 3.98. The number of amides is 2. The van der Waals surface area contributed by atoms with Gasteiger partial charge >= 0.3 is 0 Å². The second-order valence-electron chi connectivity index (χ2n) is 11.3. The van der Waals surface area contributed by atoms with Gasteiger partial charge in [0.2, 0.25) is 11.8 Å². The summed E-state index contributed by atoms with van der Waals surface area (Å²) in [6, 6.07) is 27.6. The van der Waals surface area contributed by atoms with E-state index in [-0.39, 0.29) is 29.8 Å². The fourth-order valence-corrected chi connectivity index (χ4v) is 7.62. The molecule has 1 saturated carbocycles. The van der Waals surface area contributed by atoms with Crippen molar-refractivity contribution in [1.29, 1.82) is 0 Å². The van der Waals surface area contributed by atoms with E-state index < -0.39 is 28.5 Å². The van der Waals surface area contributed by atoms with Crippen molar-refractivity contribution in [2.75, 3.05) is 10.8 Å². The summed E-state index contributed by atoms with van der Waals surface area (Å²) >= 11 is 18.8. The highest BCUT2D eigenvalue weighted by Crippen LogP contribution is 2.28. The Bertz CT molecular complexity index is 1750. The Morgan fingerprint density at radius 3 is 2.04 bits per heavy atom. The van der Waals surface area contributed by atoms with E-state index in [0.29, 0.717) is 26.3 Å². The molecule has 1 unspecified atom stereocenters. The number of benzene rings is 4. The number of carbonyl (C=O) groups is 2. The van der Waals surface area contributed by atoms with Gasteiger partial charge in [0.1, 0.15) is 12.6 Å². The summed E-state index contributed by atoms with van der Waals surface area (Å²) in [4.78, 5) is 30.0. The normalized spacial score (nSPS) is 14.1. The Morgan fingerprint density at radius 2 is 1.41 bits per heavy atom. The lowest BCUT2D eigenvalue weighted by Crippen LogP contribution is -2.54. The third kappa shape index (κ3) is 8.42. The first kappa shape index (κ1) is 33.8. The predicted octanol–water partition coefficient (Wildman–Crippen LogP) is 7.54. The number of carbonyl (C=O) groups excluding carboxylic acids is 2. The Kier molecular flexibility index (Phi) is 11.3. The molecule has 1 aliphatic rings. The van der Waals surface area contributed by atoms with Crippen molar-refractivity contribution in [3.05, 3.63) is 129 Å². The number of rotatable bonds is 12. The minimum Gasteiger partial charge on any atom is -0.352 e. The minimum absolute atomic E-state index is 0.00736. The van der Waals surface area contributed by atoms with Crippen LogP contribution in [0.5, 0.6) is 0 Å². The highest BCUT2D eigenvalue weighted by atomic mass is 35.5. The average molecular weight is 699 g/mol. The van der Waals surface area contributed by atoms with Gasteiger partial charge in [-0.2, -0.15) is 0 Å². The quantitative estimate of drug-likeness (QED) is 0.166. The lowest BCUT2D eigenvalue weighted by molar-refractivity contribution is -0.140. The molecular formula is C35H34Cl3N3O4S. The standard InChI is InChI=1S/C35H34Cl3N3O4S/c36-27-17-19-31(20-18-27)46(44,45)41(30-13-5-2-6-14-30)24-34(42)40(23-26-15-16-28(37)22-32(26)38)33(21-25-9-3-1-4-10-25)35(43)39-29-11-7-8-12-29/h1-6,9-10,13-20,22,29,33H,7-8,11-12,21,23-24H2,(H,39,43). The zero-order chi connectivity index (χ0) is 32.7. The number of nitrogens with one attached hydrogen (secondary N) is 1. The lowest BCUT2D eigenvalue weighted by Gasteiger charge is -2.34. The molecule has 1 N–H and O–H groups in total. The highest BCUT2D eigenvalue weighted by Gasteiger charge is 2.35. The van der Waals surface area contributed by atoms with Crippen molar-refractivity contribution in [3.8, 4) is 0 Å². The van der Waals surface area contributed by atoms with Gasteiger partial charge in [-0.3, -0.25) is 13.9 Å². The highest BCUT2D eigenvalue weighted by molar-refractivity contribution is 7.92. The Morgan fingerprint density at radius 1 is 0.804 bits per heavy atom. The van der Waals surface area contributed by atoms with E-state index in [9.17, 15) is 18.0 Å². The van der Waals surface area contributed by atoms with Crippen LogP contribution in [0.3, 0.4) is 0 Å². The van der Waals surface area contributed by atoms with Crippen molar-refractivity contribution in [3.63, 3.8) is 0 Å². The van der Waals surface area contributed by atoms with Crippen LogP contribution in [0.4, 0.5) is 5.69 Å². The van der Waals surface area contributed by atoms with Gasteiger partial charge in [-0.05, 0) is 72.5 Å². The number of nitrogens with zero attached hydrogens (tertiary/aromatic N) is 2. The molecule has 0 radical (unpaired) electrons. The molecule has 0 aliphatic heterocycles. The molecule has 7 nitrogen and oxygen atoms in total. The van der Waals surface area contributed by atoms with Gasteiger partial charge in [0.05, 0.1) is 10.6 Å². The molecule has 0 aromatic heterocycles. The van der Waals surface area contributed by atoms with Gasteiger partial charge in [-0.25, -0.2) is 8.42 Å². The van der Waals surface area contributed by atoms with Gasteiger partial charge in [0.15, 0.2) is 0 Å². The van der Waals surface area contributed by atoms with Crippen LogP contribution in [0.1, 0.15) is 36.8 Å². The first-order valence-electron chi connectivity index (χ1n) is 15.0. The van der Waals surface area contributed by atoms with E-state index in [2.05, 4.69) is 5.32 Å². The molecule has 46 heavy (non-hydrogen) atoms. The molecule has 4 aromatic rings. The molecule has 1 aliphatic carbocycles.